The molecule has 0 aliphatic rings. The van der Waals surface area contributed by atoms with Gasteiger partial charge in [0.15, 0.2) is 0 Å². The topological polar surface area (TPSA) is 21.1 Å². The maximum atomic E-state index is 4.14. The van der Waals surface area contributed by atoms with Crippen molar-refractivity contribution in [3.63, 3.8) is 0 Å². The maximum absolute atomic E-state index is 4.14. The molecule has 0 amide bonds. The number of hydrogen-bond acceptors (Lipinski definition) is 2. The van der Waals surface area contributed by atoms with Gasteiger partial charge in [0.1, 0.15) is 0 Å². The summed E-state index contributed by atoms with van der Waals surface area (Å²) in [5, 5.41) is 0. The third kappa shape index (κ3) is 3.35. The number of hydrogen-bond donors (Lipinski definition) is 0. The molecule has 122 valence electrons. The van der Waals surface area contributed by atoms with Crippen LogP contribution in [0.5, 0.6) is 0 Å². The summed E-state index contributed by atoms with van der Waals surface area (Å²) >= 11 is 3.58. The normalized spacial score (nSPS) is 10.6. The first-order valence-electron chi connectivity index (χ1n) is 8.00. The zero-order valence-corrected chi connectivity index (χ0v) is 15.0. The Labute approximate surface area is 155 Å². The molecule has 25 heavy (non-hydrogen) atoms. The molecule has 0 unspecified atom stereocenters. The van der Waals surface area contributed by atoms with Gasteiger partial charge in [0.05, 0.1) is 6.33 Å². The van der Waals surface area contributed by atoms with Crippen molar-refractivity contribution in [1.82, 2.24) is 9.55 Å². The molecular formula is C21H16BrN3. The molecule has 0 radical (unpaired) electrons. The van der Waals surface area contributed by atoms with Gasteiger partial charge in [0.25, 0.3) is 0 Å². The van der Waals surface area contributed by atoms with Gasteiger partial charge in [-0.3, -0.25) is 0 Å². The summed E-state index contributed by atoms with van der Waals surface area (Å²) in [5.74, 6) is 0. The molecule has 1 aromatic heterocycles. The van der Waals surface area contributed by atoms with Crippen molar-refractivity contribution in [2.45, 2.75) is 0 Å². The lowest BCUT2D eigenvalue weighted by Crippen LogP contribution is -2.10. The van der Waals surface area contributed by atoms with Crippen LogP contribution in [0.2, 0.25) is 0 Å². The lowest BCUT2D eigenvalue weighted by Gasteiger charge is -2.26. The summed E-state index contributed by atoms with van der Waals surface area (Å²) in [4.78, 5) is 6.39. The summed E-state index contributed by atoms with van der Waals surface area (Å²) in [6, 6.07) is 27.1. The van der Waals surface area contributed by atoms with Crippen molar-refractivity contribution in [3.05, 3.63) is 102 Å². The van der Waals surface area contributed by atoms with Crippen molar-refractivity contribution in [1.29, 1.82) is 0 Å². The van der Waals surface area contributed by atoms with Crippen LogP contribution in [0.3, 0.4) is 0 Å². The lowest BCUT2D eigenvalue weighted by atomic mass is 10.2. The number of nitrogens with zero attached hydrogens (tertiary/aromatic N) is 3. The molecule has 4 aromatic rings. The fraction of sp³-hybridized carbons (Fsp3) is 0. The molecule has 0 N–H and O–H groups in total. The number of imidazole rings is 1. The van der Waals surface area contributed by atoms with Crippen LogP contribution in [0.25, 0.3) is 5.69 Å². The van der Waals surface area contributed by atoms with Gasteiger partial charge in [-0.05, 0) is 48.5 Å². The highest BCUT2D eigenvalue weighted by Crippen LogP contribution is 2.36. The second-order valence-corrected chi connectivity index (χ2v) is 6.56. The van der Waals surface area contributed by atoms with Gasteiger partial charge < -0.3 is 9.47 Å². The summed E-state index contributed by atoms with van der Waals surface area (Å²) in [6.45, 7) is 0. The molecule has 0 aliphatic heterocycles. The molecule has 0 aliphatic carbocycles. The van der Waals surface area contributed by atoms with E-state index in [0.29, 0.717) is 0 Å². The predicted molar refractivity (Wildman–Crippen MR) is 106 cm³/mol. The second-order valence-electron chi connectivity index (χ2n) is 5.64. The van der Waals surface area contributed by atoms with Gasteiger partial charge in [-0.1, -0.05) is 46.3 Å². The number of anilines is 3. The Morgan fingerprint density at radius 2 is 1.48 bits per heavy atom. The van der Waals surface area contributed by atoms with Crippen LogP contribution in [0, 0.1) is 0 Å². The first-order valence-corrected chi connectivity index (χ1v) is 8.80. The quantitative estimate of drug-likeness (QED) is 0.420. The Morgan fingerprint density at radius 1 is 0.760 bits per heavy atom. The minimum atomic E-state index is 1.05. The minimum Gasteiger partial charge on any atom is -0.310 e. The molecule has 0 fully saturated rings. The standard InChI is InChI=1S/C21H16BrN3/c22-17-6-4-10-20(14-17)25(18-7-2-1-3-8-18)21-11-5-9-19(15-21)24-13-12-23-16-24/h1-16H. The van der Waals surface area contributed by atoms with E-state index in [1.54, 1.807) is 6.20 Å². The van der Waals surface area contributed by atoms with Gasteiger partial charge in [0, 0.05) is 39.6 Å². The van der Waals surface area contributed by atoms with E-state index in [1.807, 2.05) is 29.2 Å². The highest BCUT2D eigenvalue weighted by atomic mass is 79.9. The van der Waals surface area contributed by atoms with Crippen LogP contribution >= 0.6 is 15.9 Å². The molecular weight excluding hydrogens is 374 g/mol. The summed E-state index contributed by atoms with van der Waals surface area (Å²) in [5.41, 5.74) is 4.38. The van der Waals surface area contributed by atoms with Crippen molar-refractivity contribution in [3.8, 4) is 5.69 Å². The van der Waals surface area contributed by atoms with Crippen LogP contribution in [0.1, 0.15) is 0 Å². The monoisotopic (exact) mass is 389 g/mol. The molecule has 4 heteroatoms. The first-order chi connectivity index (χ1) is 12.3. The van der Waals surface area contributed by atoms with Gasteiger partial charge in [-0.25, -0.2) is 4.98 Å². The average Bonchev–Trinajstić information content (AvgIpc) is 3.18. The third-order valence-corrected chi connectivity index (χ3v) is 4.46. The molecule has 3 aromatic carbocycles. The molecule has 0 atom stereocenters. The van der Waals surface area contributed by atoms with Crippen molar-refractivity contribution < 1.29 is 0 Å². The molecule has 0 saturated heterocycles. The smallest absolute Gasteiger partial charge is 0.0991 e. The third-order valence-electron chi connectivity index (χ3n) is 3.97. The lowest BCUT2D eigenvalue weighted by molar-refractivity contribution is 1.05. The van der Waals surface area contributed by atoms with Crippen LogP contribution in [-0.4, -0.2) is 9.55 Å². The molecule has 0 saturated carbocycles. The van der Waals surface area contributed by atoms with E-state index in [4.69, 9.17) is 0 Å². The summed E-state index contributed by atoms with van der Waals surface area (Å²) in [6.07, 6.45) is 5.55. The Hall–Kier alpha value is -2.85. The minimum absolute atomic E-state index is 1.05. The highest BCUT2D eigenvalue weighted by molar-refractivity contribution is 9.10. The summed E-state index contributed by atoms with van der Waals surface area (Å²) < 4.78 is 3.06. The zero-order chi connectivity index (χ0) is 17.1. The number of aromatic nitrogens is 2. The van der Waals surface area contributed by atoms with E-state index in [2.05, 4.69) is 92.5 Å². The van der Waals surface area contributed by atoms with E-state index in [0.717, 1.165) is 27.2 Å². The molecule has 0 bridgehead atoms. The van der Waals surface area contributed by atoms with Crippen molar-refractivity contribution >= 4 is 33.0 Å². The average molecular weight is 390 g/mol. The van der Waals surface area contributed by atoms with E-state index < -0.39 is 0 Å². The number of halogens is 1. The second kappa shape index (κ2) is 6.95. The van der Waals surface area contributed by atoms with E-state index in [1.165, 1.54) is 0 Å². The van der Waals surface area contributed by atoms with Gasteiger partial charge in [0.2, 0.25) is 0 Å². The SMILES string of the molecule is Brc1cccc(N(c2ccccc2)c2cccc(-n3ccnc3)c2)c1. The molecule has 4 rings (SSSR count). The number of benzene rings is 3. The van der Waals surface area contributed by atoms with Crippen LogP contribution in [0.4, 0.5) is 17.1 Å². The van der Waals surface area contributed by atoms with Gasteiger partial charge >= 0.3 is 0 Å². The van der Waals surface area contributed by atoms with E-state index in [9.17, 15) is 0 Å². The predicted octanol–water partition coefficient (Wildman–Crippen LogP) is 6.10. The Kier molecular flexibility index (Phi) is 4.36. The van der Waals surface area contributed by atoms with E-state index in [-0.39, 0.29) is 0 Å². The van der Waals surface area contributed by atoms with Gasteiger partial charge in [-0.2, -0.15) is 0 Å². The highest BCUT2D eigenvalue weighted by Gasteiger charge is 2.13. The van der Waals surface area contributed by atoms with Crippen LogP contribution in [-0.2, 0) is 0 Å². The van der Waals surface area contributed by atoms with Crippen LogP contribution < -0.4 is 4.90 Å². The molecule has 0 spiro atoms. The van der Waals surface area contributed by atoms with E-state index >= 15 is 0 Å². The maximum Gasteiger partial charge on any atom is 0.0991 e. The van der Waals surface area contributed by atoms with Crippen LogP contribution in [0.15, 0.2) is 102 Å². The Balaban J connectivity index is 1.85. The Bertz CT molecular complexity index is 965. The number of para-hydroxylation sites is 1. The fourth-order valence-corrected chi connectivity index (χ4v) is 3.23. The molecule has 3 nitrogen and oxygen atoms in total. The summed E-state index contributed by atoms with van der Waals surface area (Å²) in [7, 11) is 0. The zero-order valence-electron chi connectivity index (χ0n) is 13.5. The fourth-order valence-electron chi connectivity index (χ4n) is 2.84. The Morgan fingerprint density at radius 3 is 2.20 bits per heavy atom. The first kappa shape index (κ1) is 15.7. The van der Waals surface area contributed by atoms with Crippen molar-refractivity contribution in [2.75, 3.05) is 4.90 Å². The van der Waals surface area contributed by atoms with Gasteiger partial charge in [-0.15, -0.1) is 0 Å². The van der Waals surface area contributed by atoms with Crippen molar-refractivity contribution in [2.24, 2.45) is 0 Å². The number of rotatable bonds is 4. The largest absolute Gasteiger partial charge is 0.310 e. The molecule has 1 heterocycles.